The van der Waals surface area contributed by atoms with Crippen LogP contribution in [0.1, 0.15) is 23.6 Å². The van der Waals surface area contributed by atoms with Gasteiger partial charge in [-0.2, -0.15) is 15.1 Å². The van der Waals surface area contributed by atoms with Gasteiger partial charge in [-0.05, 0) is 54.1 Å². The van der Waals surface area contributed by atoms with Crippen molar-refractivity contribution in [1.29, 1.82) is 5.41 Å². The molecule has 0 fully saturated rings. The molecule has 0 aliphatic carbocycles. The van der Waals surface area contributed by atoms with Gasteiger partial charge in [0.25, 0.3) is 5.91 Å². The first-order valence-corrected chi connectivity index (χ1v) is 12.5. The number of amidine groups is 2. The van der Waals surface area contributed by atoms with Crippen LogP contribution >= 0.6 is 11.8 Å². The van der Waals surface area contributed by atoms with Crippen molar-refractivity contribution >= 4 is 39.8 Å². The molecule has 0 bridgehead atoms. The highest BCUT2D eigenvalue weighted by atomic mass is 32.2. The Bertz CT molecular complexity index is 1450. The molecule has 0 aromatic heterocycles. The topological polar surface area (TPSA) is 87.3 Å². The first-order valence-electron chi connectivity index (χ1n) is 11.7. The Labute approximate surface area is 217 Å². The van der Waals surface area contributed by atoms with Crippen LogP contribution in [0.2, 0.25) is 0 Å². The summed E-state index contributed by atoms with van der Waals surface area (Å²) in [5.41, 5.74) is 2.27. The van der Waals surface area contributed by atoms with Crippen LogP contribution in [0.15, 0.2) is 88.5 Å². The van der Waals surface area contributed by atoms with E-state index in [1.165, 1.54) is 22.8 Å². The molecule has 0 saturated heterocycles. The maximum Gasteiger partial charge on any atom is 0.283 e. The van der Waals surface area contributed by atoms with E-state index in [9.17, 15) is 9.18 Å². The molecule has 5 rings (SSSR count). The van der Waals surface area contributed by atoms with Crippen LogP contribution in [0.3, 0.4) is 0 Å². The highest BCUT2D eigenvalue weighted by molar-refractivity contribution is 8.26. The molecule has 0 radical (unpaired) electrons. The van der Waals surface area contributed by atoms with Gasteiger partial charge in [-0.15, -0.1) is 0 Å². The Balaban J connectivity index is 1.36. The molecular weight excluding hydrogens is 491 g/mol. The summed E-state index contributed by atoms with van der Waals surface area (Å²) in [7, 11) is 0. The van der Waals surface area contributed by atoms with Crippen molar-refractivity contribution in [2.45, 2.75) is 20.0 Å². The predicted molar refractivity (Wildman–Crippen MR) is 143 cm³/mol. The van der Waals surface area contributed by atoms with Crippen LogP contribution in [-0.4, -0.2) is 33.6 Å². The SMILES string of the molecule is CCOc1cc(C=C2C(=N)N3N=C(Cc4ccccc4)SC3=NC2=O)ccc1OCc1ccccc1F. The Morgan fingerprint density at radius 2 is 1.81 bits per heavy atom. The lowest BCUT2D eigenvalue weighted by Crippen LogP contribution is -2.35. The van der Waals surface area contributed by atoms with Gasteiger partial charge in [0.1, 0.15) is 17.5 Å². The second-order valence-corrected chi connectivity index (χ2v) is 9.24. The molecule has 0 saturated carbocycles. The summed E-state index contributed by atoms with van der Waals surface area (Å²) >= 11 is 1.29. The molecule has 0 unspecified atom stereocenters. The van der Waals surface area contributed by atoms with Crippen LogP contribution in [-0.2, 0) is 17.8 Å². The van der Waals surface area contributed by atoms with Crippen LogP contribution in [0.25, 0.3) is 6.08 Å². The van der Waals surface area contributed by atoms with E-state index in [1.807, 2.05) is 37.3 Å². The van der Waals surface area contributed by atoms with Gasteiger partial charge in [0.05, 0.1) is 12.2 Å². The fraction of sp³-hybridized carbons (Fsp3) is 0.143. The Morgan fingerprint density at radius 3 is 2.59 bits per heavy atom. The number of aliphatic imine (C=N–C) groups is 1. The standard InChI is InChI=1S/C28H23FN4O3S/c1-2-35-24-15-19(12-13-23(24)36-17-20-10-6-7-11-22(20)29)14-21-26(30)33-28(31-27(21)34)37-25(32-33)16-18-8-4-3-5-9-18/h3-15,30H,2,16-17H2,1H3. The van der Waals surface area contributed by atoms with Crippen molar-refractivity contribution in [3.63, 3.8) is 0 Å². The monoisotopic (exact) mass is 514 g/mol. The molecule has 3 aromatic rings. The third-order valence-electron chi connectivity index (χ3n) is 5.61. The lowest BCUT2D eigenvalue weighted by molar-refractivity contribution is -0.114. The number of ether oxygens (including phenoxy) is 2. The first kappa shape index (κ1) is 24.5. The van der Waals surface area contributed by atoms with Gasteiger partial charge in [-0.1, -0.05) is 54.6 Å². The van der Waals surface area contributed by atoms with Gasteiger partial charge >= 0.3 is 0 Å². The largest absolute Gasteiger partial charge is 0.490 e. The van der Waals surface area contributed by atoms with Crippen LogP contribution in [0, 0.1) is 11.2 Å². The van der Waals surface area contributed by atoms with Crippen molar-refractivity contribution in [3.8, 4) is 11.5 Å². The molecule has 9 heteroatoms. The van der Waals surface area contributed by atoms with Crippen LogP contribution in [0.4, 0.5) is 4.39 Å². The summed E-state index contributed by atoms with van der Waals surface area (Å²) in [5.74, 6) is 0.0163. The normalized spacial score (nSPS) is 15.9. The number of benzene rings is 3. The number of hydrazone groups is 1. The van der Waals surface area contributed by atoms with E-state index in [2.05, 4.69) is 10.1 Å². The number of hydrogen-bond donors (Lipinski definition) is 1. The number of carbonyl (C=O) groups excluding carboxylic acids is 1. The van der Waals surface area contributed by atoms with E-state index in [-0.39, 0.29) is 23.8 Å². The van der Waals surface area contributed by atoms with Gasteiger partial charge in [0.15, 0.2) is 17.3 Å². The molecule has 0 atom stereocenters. The van der Waals surface area contributed by atoms with E-state index in [4.69, 9.17) is 14.9 Å². The summed E-state index contributed by atoms with van der Waals surface area (Å²) < 4.78 is 25.5. The zero-order chi connectivity index (χ0) is 25.8. The maximum absolute atomic E-state index is 14.0. The molecule has 7 nitrogen and oxygen atoms in total. The minimum Gasteiger partial charge on any atom is -0.490 e. The summed E-state index contributed by atoms with van der Waals surface area (Å²) in [6.07, 6.45) is 2.18. The van der Waals surface area contributed by atoms with Gasteiger partial charge in [-0.3, -0.25) is 10.2 Å². The quantitative estimate of drug-likeness (QED) is 0.392. The smallest absolute Gasteiger partial charge is 0.283 e. The third-order valence-corrected chi connectivity index (χ3v) is 6.52. The van der Waals surface area contributed by atoms with Crippen molar-refractivity contribution in [2.24, 2.45) is 10.1 Å². The van der Waals surface area contributed by atoms with E-state index >= 15 is 0 Å². The van der Waals surface area contributed by atoms with Crippen molar-refractivity contribution in [3.05, 3.63) is 101 Å². The van der Waals surface area contributed by atoms with Gasteiger partial charge in [0, 0.05) is 12.0 Å². The number of nitrogens with zero attached hydrogens (tertiary/aromatic N) is 3. The number of halogens is 1. The zero-order valence-electron chi connectivity index (χ0n) is 20.0. The molecule has 1 amide bonds. The fourth-order valence-corrected chi connectivity index (χ4v) is 4.73. The fourth-order valence-electron chi connectivity index (χ4n) is 3.81. The van der Waals surface area contributed by atoms with E-state index in [0.29, 0.717) is 40.8 Å². The van der Waals surface area contributed by atoms with Gasteiger partial charge in [-0.25, -0.2) is 4.39 Å². The number of amides is 1. The highest BCUT2D eigenvalue weighted by Gasteiger charge is 2.35. The Kier molecular flexibility index (Phi) is 7.14. The molecule has 2 aliphatic rings. The van der Waals surface area contributed by atoms with Crippen molar-refractivity contribution in [1.82, 2.24) is 5.01 Å². The predicted octanol–water partition coefficient (Wildman–Crippen LogP) is 5.67. The lowest BCUT2D eigenvalue weighted by atomic mass is 10.1. The average Bonchev–Trinajstić information content (AvgIpc) is 3.30. The number of fused-ring (bicyclic) bond motifs is 1. The van der Waals surface area contributed by atoms with Crippen LogP contribution in [0.5, 0.6) is 11.5 Å². The Morgan fingerprint density at radius 1 is 1.03 bits per heavy atom. The molecule has 37 heavy (non-hydrogen) atoms. The van der Waals surface area contributed by atoms with Crippen molar-refractivity contribution in [2.75, 3.05) is 6.61 Å². The molecule has 2 heterocycles. The number of rotatable bonds is 8. The number of hydrogen-bond acceptors (Lipinski definition) is 6. The number of carbonyl (C=O) groups is 1. The van der Waals surface area contributed by atoms with Crippen LogP contribution < -0.4 is 9.47 Å². The van der Waals surface area contributed by atoms with Crippen molar-refractivity contribution < 1.29 is 18.7 Å². The average molecular weight is 515 g/mol. The summed E-state index contributed by atoms with van der Waals surface area (Å²) in [6.45, 7) is 2.28. The third kappa shape index (κ3) is 5.46. The molecule has 1 N–H and O–H groups in total. The molecule has 3 aromatic carbocycles. The minimum absolute atomic E-state index is 0.0385. The molecule has 186 valence electrons. The highest BCUT2D eigenvalue weighted by Crippen LogP contribution is 2.33. The van der Waals surface area contributed by atoms with Gasteiger partial charge in [0.2, 0.25) is 5.17 Å². The second kappa shape index (κ2) is 10.8. The Hall–Kier alpha value is -4.24. The molecular formula is C28H23FN4O3S. The molecule has 0 spiro atoms. The van der Waals surface area contributed by atoms with Gasteiger partial charge < -0.3 is 9.47 Å². The maximum atomic E-state index is 14.0. The van der Waals surface area contributed by atoms with E-state index in [0.717, 1.165) is 10.6 Å². The second-order valence-electron chi connectivity index (χ2n) is 8.20. The van der Waals surface area contributed by atoms with E-state index < -0.39 is 5.91 Å². The molecule has 2 aliphatic heterocycles. The summed E-state index contributed by atoms with van der Waals surface area (Å²) in [5, 5.41) is 15.7. The number of nitrogens with one attached hydrogen (secondary N) is 1. The number of thioether (sulfide) groups is 1. The minimum atomic E-state index is -0.502. The first-order chi connectivity index (χ1) is 18.0. The zero-order valence-corrected chi connectivity index (χ0v) is 20.8. The van der Waals surface area contributed by atoms with E-state index in [1.54, 1.807) is 42.5 Å². The summed E-state index contributed by atoms with van der Waals surface area (Å²) in [4.78, 5) is 17.0. The summed E-state index contributed by atoms with van der Waals surface area (Å²) in [6, 6.07) is 21.5. The lowest BCUT2D eigenvalue weighted by Gasteiger charge is -2.20.